The van der Waals surface area contributed by atoms with Gasteiger partial charge in [-0.15, -0.1) is 0 Å². The van der Waals surface area contributed by atoms with E-state index in [1.54, 1.807) is 0 Å². The molecule has 0 aliphatic rings. The summed E-state index contributed by atoms with van der Waals surface area (Å²) in [6.45, 7) is 22.3. The van der Waals surface area contributed by atoms with E-state index in [1.165, 1.54) is 4.90 Å². The van der Waals surface area contributed by atoms with Crippen molar-refractivity contribution in [3.63, 3.8) is 0 Å². The number of alkyl carbamates (subject to hydrolysis) is 1. The monoisotopic (exact) mass is 506 g/mol. The van der Waals surface area contributed by atoms with Gasteiger partial charge in [-0.2, -0.15) is 0 Å². The number of ether oxygens (including phenoxy) is 1. The smallest absolute Gasteiger partial charge is 0.407 e. The lowest BCUT2D eigenvalue weighted by molar-refractivity contribution is -0.125. The van der Waals surface area contributed by atoms with Gasteiger partial charge >= 0.3 is 6.09 Å². The first-order valence-corrected chi connectivity index (χ1v) is 15.1. The summed E-state index contributed by atoms with van der Waals surface area (Å²) in [6.07, 6.45) is 0.736. The van der Waals surface area contributed by atoms with Crippen molar-refractivity contribution in [1.82, 2.24) is 5.32 Å². The zero-order chi connectivity index (χ0) is 27.2. The summed E-state index contributed by atoms with van der Waals surface area (Å²) in [5.74, 6) is -0.0157. The normalized spacial score (nSPS) is 13.7. The van der Waals surface area contributed by atoms with E-state index < -0.39 is 25.4 Å². The molecule has 1 N–H and O–H groups in total. The molecule has 7 nitrogen and oxygen atoms in total. The van der Waals surface area contributed by atoms with Gasteiger partial charge in [0.2, 0.25) is 6.41 Å². The van der Waals surface area contributed by atoms with Gasteiger partial charge in [0.25, 0.3) is 0 Å². The lowest BCUT2D eigenvalue weighted by Crippen LogP contribution is -2.48. The van der Waals surface area contributed by atoms with Crippen molar-refractivity contribution in [3.8, 4) is 0 Å². The fourth-order valence-electron chi connectivity index (χ4n) is 2.84. The Bertz CT molecular complexity index is 862. The lowest BCUT2D eigenvalue weighted by Gasteiger charge is -2.37. The highest BCUT2D eigenvalue weighted by atomic mass is 28.4. The summed E-state index contributed by atoms with van der Waals surface area (Å²) in [4.78, 5) is 37.9. The van der Waals surface area contributed by atoms with Gasteiger partial charge < -0.3 is 19.4 Å². The highest BCUT2D eigenvalue weighted by Crippen LogP contribution is 2.36. The molecule has 8 heteroatoms. The van der Waals surface area contributed by atoms with E-state index in [0.29, 0.717) is 25.1 Å². The maximum absolute atomic E-state index is 12.5. The van der Waals surface area contributed by atoms with E-state index in [1.807, 2.05) is 65.8 Å². The zero-order valence-electron chi connectivity index (χ0n) is 23.6. The number of rotatable bonds is 10. The lowest BCUT2D eigenvalue weighted by atomic mass is 9.90. The average molecular weight is 507 g/mol. The number of hydrogen-bond acceptors (Lipinski definition) is 5. The third-order valence-electron chi connectivity index (χ3n) is 6.20. The number of nitrogens with zero attached hydrogens (tertiary/aromatic N) is 1. The van der Waals surface area contributed by atoms with Gasteiger partial charge in [0, 0.05) is 11.1 Å². The highest BCUT2D eigenvalue weighted by molar-refractivity contribution is 6.74. The van der Waals surface area contributed by atoms with E-state index in [4.69, 9.17) is 9.16 Å². The number of carbonyl (C=O) groups excluding carboxylic acids is 3. The van der Waals surface area contributed by atoms with Crippen LogP contribution < -0.4 is 10.2 Å². The molecule has 0 heterocycles. The molecule has 2 amide bonds. The summed E-state index contributed by atoms with van der Waals surface area (Å²) in [5.41, 5.74) is 0.503. The molecule has 35 heavy (non-hydrogen) atoms. The molecule has 0 unspecified atom stereocenters. The van der Waals surface area contributed by atoms with Crippen LogP contribution >= 0.6 is 0 Å². The summed E-state index contributed by atoms with van der Waals surface area (Å²) in [5, 5.41) is 3.01. The SMILES string of the molecule is CC(C)(C)OC(=O)N[C@H](CO[Si](C)(C)C(C)(C)C)Cc1ccc(N(C=O)CC(=O)C(C)(C)C)cc1. The van der Waals surface area contributed by atoms with Gasteiger partial charge in [-0.05, 0) is 63.0 Å². The van der Waals surface area contributed by atoms with Crippen LogP contribution in [0.5, 0.6) is 0 Å². The van der Waals surface area contributed by atoms with Crippen LogP contribution in [0, 0.1) is 5.41 Å². The number of ketones is 1. The minimum Gasteiger partial charge on any atom is -0.444 e. The first kappa shape index (κ1) is 30.8. The van der Waals surface area contributed by atoms with Crippen molar-refractivity contribution in [3.05, 3.63) is 29.8 Å². The summed E-state index contributed by atoms with van der Waals surface area (Å²) >= 11 is 0. The van der Waals surface area contributed by atoms with Crippen LogP contribution in [0.4, 0.5) is 10.5 Å². The van der Waals surface area contributed by atoms with E-state index in [9.17, 15) is 14.4 Å². The van der Waals surface area contributed by atoms with Crippen molar-refractivity contribution in [1.29, 1.82) is 0 Å². The van der Waals surface area contributed by atoms with Crippen molar-refractivity contribution in [2.24, 2.45) is 5.41 Å². The minimum absolute atomic E-state index is 0.0157. The van der Waals surface area contributed by atoms with Crippen LogP contribution in [0.15, 0.2) is 24.3 Å². The quantitative estimate of drug-likeness (QED) is 0.324. The Hall–Kier alpha value is -2.19. The Labute approximate surface area is 213 Å². The van der Waals surface area contributed by atoms with Crippen LogP contribution in [0.25, 0.3) is 0 Å². The molecule has 0 radical (unpaired) electrons. The average Bonchev–Trinajstić information content (AvgIpc) is 2.67. The summed E-state index contributed by atoms with van der Waals surface area (Å²) in [7, 11) is -2.01. The number of carbonyl (C=O) groups is 3. The van der Waals surface area contributed by atoms with Crippen LogP contribution in [0.2, 0.25) is 18.1 Å². The molecule has 0 bridgehead atoms. The fraction of sp³-hybridized carbons (Fsp3) is 0.667. The van der Waals surface area contributed by atoms with Gasteiger partial charge in [-0.3, -0.25) is 9.59 Å². The Morgan fingerprint density at radius 2 is 1.54 bits per heavy atom. The molecular formula is C27H46N2O5Si. The van der Waals surface area contributed by atoms with Crippen LogP contribution in [0.3, 0.4) is 0 Å². The molecule has 1 atom stereocenters. The third kappa shape index (κ3) is 10.5. The van der Waals surface area contributed by atoms with E-state index in [0.717, 1.165) is 5.56 Å². The Morgan fingerprint density at radius 1 is 1.00 bits per heavy atom. The molecule has 0 saturated carbocycles. The second kappa shape index (κ2) is 11.7. The minimum atomic E-state index is -2.01. The maximum atomic E-state index is 12.5. The molecule has 0 fully saturated rings. The largest absolute Gasteiger partial charge is 0.444 e. The Kier molecular flexibility index (Phi) is 10.3. The second-order valence-corrected chi connectivity index (χ2v) is 17.5. The molecule has 0 aliphatic heterocycles. The topological polar surface area (TPSA) is 84.9 Å². The summed E-state index contributed by atoms with van der Waals surface area (Å²) < 4.78 is 11.9. The number of benzene rings is 1. The predicted molar refractivity (Wildman–Crippen MR) is 144 cm³/mol. The van der Waals surface area contributed by atoms with Gasteiger partial charge in [0.05, 0.1) is 19.2 Å². The highest BCUT2D eigenvalue weighted by Gasteiger charge is 2.37. The molecule has 0 spiro atoms. The van der Waals surface area contributed by atoms with Gasteiger partial charge in [0.1, 0.15) is 5.60 Å². The van der Waals surface area contributed by atoms with Crippen LogP contribution in [0.1, 0.15) is 67.9 Å². The van der Waals surface area contributed by atoms with Gasteiger partial charge in [0.15, 0.2) is 14.1 Å². The number of Topliss-reactive ketones (excluding diaryl/α,β-unsaturated/α-hetero) is 1. The maximum Gasteiger partial charge on any atom is 0.407 e. The van der Waals surface area contributed by atoms with Crippen LogP contribution in [-0.4, -0.2) is 51.4 Å². The van der Waals surface area contributed by atoms with Crippen molar-refractivity contribution >= 4 is 32.3 Å². The number of hydrogen-bond donors (Lipinski definition) is 1. The van der Waals surface area contributed by atoms with Crippen molar-refractivity contribution in [2.75, 3.05) is 18.1 Å². The molecule has 1 aromatic rings. The molecule has 1 rings (SSSR count). The van der Waals surface area contributed by atoms with Crippen molar-refractivity contribution in [2.45, 2.75) is 98.5 Å². The molecule has 0 aromatic heterocycles. The molecular weight excluding hydrogens is 460 g/mol. The van der Waals surface area contributed by atoms with E-state index >= 15 is 0 Å². The molecule has 0 aliphatic carbocycles. The molecule has 198 valence electrons. The van der Waals surface area contributed by atoms with Crippen LogP contribution in [-0.2, 0) is 25.2 Å². The fourth-order valence-corrected chi connectivity index (χ4v) is 3.89. The molecule has 1 aromatic carbocycles. The van der Waals surface area contributed by atoms with E-state index in [-0.39, 0.29) is 23.4 Å². The van der Waals surface area contributed by atoms with E-state index in [2.05, 4.69) is 39.2 Å². The van der Waals surface area contributed by atoms with Crippen molar-refractivity contribution < 1.29 is 23.5 Å². The standard InChI is InChI=1S/C27H46N2O5Si/c1-25(2,3)23(31)17-29(19-30)22-14-12-20(13-15-22)16-21(28-24(32)34-26(4,5)6)18-33-35(10,11)27(7,8)9/h12-15,19,21H,16-18H2,1-11H3,(H,28,32)/t21-/m0/s1. The third-order valence-corrected chi connectivity index (χ3v) is 10.7. The Balaban J connectivity index is 3.01. The predicted octanol–water partition coefficient (Wildman–Crippen LogP) is 5.72. The Morgan fingerprint density at radius 3 is 1.97 bits per heavy atom. The summed E-state index contributed by atoms with van der Waals surface area (Å²) in [6, 6.07) is 7.17. The first-order valence-electron chi connectivity index (χ1n) is 12.2. The first-order chi connectivity index (χ1) is 15.7. The van der Waals surface area contributed by atoms with Gasteiger partial charge in [-0.1, -0.05) is 53.7 Å². The zero-order valence-corrected chi connectivity index (χ0v) is 24.6. The second-order valence-electron chi connectivity index (χ2n) is 12.7. The van der Waals surface area contributed by atoms with Gasteiger partial charge in [-0.25, -0.2) is 4.79 Å². The number of anilines is 1. The number of nitrogens with one attached hydrogen (secondary N) is 1. The molecule has 0 saturated heterocycles. The number of amides is 2.